The van der Waals surface area contributed by atoms with Crippen LogP contribution in [0.15, 0.2) is 36.4 Å². The van der Waals surface area contributed by atoms with Gasteiger partial charge >= 0.3 is 10.1 Å². The molecule has 8 heteroatoms. The molecule has 152 valence electrons. The van der Waals surface area contributed by atoms with E-state index >= 15 is 0 Å². The van der Waals surface area contributed by atoms with Crippen LogP contribution in [0.2, 0.25) is 0 Å². The number of benzene rings is 2. The standard InChI is InChI=1S/C21H22N2O5S/c1-13-22-20(15-6-5-7-16(10-15)28-29(4,24)25)21-17-12-19(27-3)18(26-2)11-14(17)8-9-23(13)21/h5-7,10-12H,8-9H2,1-4H3. The van der Waals surface area contributed by atoms with E-state index in [1.807, 2.05) is 25.1 Å². The predicted octanol–water partition coefficient (Wildman–Crippen LogP) is 3.44. The normalized spacial score (nSPS) is 12.8. The zero-order valence-corrected chi connectivity index (χ0v) is 17.5. The van der Waals surface area contributed by atoms with Crippen LogP contribution in [0, 0.1) is 6.92 Å². The average Bonchev–Trinajstić information content (AvgIpc) is 3.02. The predicted molar refractivity (Wildman–Crippen MR) is 110 cm³/mol. The second-order valence-corrected chi connectivity index (χ2v) is 8.51. The molecule has 2 heterocycles. The topological polar surface area (TPSA) is 79.7 Å². The third kappa shape index (κ3) is 3.55. The Morgan fingerprint density at radius 1 is 1.07 bits per heavy atom. The number of fused-ring (bicyclic) bond motifs is 3. The lowest BCUT2D eigenvalue weighted by molar-refractivity contribution is 0.354. The molecule has 1 aliphatic heterocycles. The van der Waals surface area contributed by atoms with E-state index in [0.717, 1.165) is 53.1 Å². The van der Waals surface area contributed by atoms with Gasteiger partial charge in [0.2, 0.25) is 0 Å². The summed E-state index contributed by atoms with van der Waals surface area (Å²) in [6.07, 6.45) is 1.88. The Morgan fingerprint density at radius 2 is 1.79 bits per heavy atom. The lowest BCUT2D eigenvalue weighted by Crippen LogP contribution is -2.12. The minimum Gasteiger partial charge on any atom is -0.493 e. The highest BCUT2D eigenvalue weighted by atomic mass is 32.2. The molecule has 4 rings (SSSR count). The van der Waals surface area contributed by atoms with Crippen molar-refractivity contribution in [2.24, 2.45) is 0 Å². The Bertz CT molecular complexity index is 1200. The maximum Gasteiger partial charge on any atom is 0.306 e. The van der Waals surface area contributed by atoms with Gasteiger partial charge in [0.05, 0.1) is 31.9 Å². The van der Waals surface area contributed by atoms with Gasteiger partial charge in [-0.25, -0.2) is 4.98 Å². The number of methoxy groups -OCH3 is 2. The van der Waals surface area contributed by atoms with Crippen LogP contribution in [-0.4, -0.2) is 38.4 Å². The number of aryl methyl sites for hydroxylation is 2. The number of rotatable bonds is 5. The van der Waals surface area contributed by atoms with Gasteiger partial charge in [-0.15, -0.1) is 0 Å². The molecule has 1 aliphatic rings. The van der Waals surface area contributed by atoms with E-state index in [2.05, 4.69) is 4.57 Å². The molecule has 7 nitrogen and oxygen atoms in total. The van der Waals surface area contributed by atoms with Crippen molar-refractivity contribution in [2.75, 3.05) is 20.5 Å². The van der Waals surface area contributed by atoms with E-state index < -0.39 is 10.1 Å². The molecule has 0 bridgehead atoms. The minimum atomic E-state index is -3.61. The zero-order valence-electron chi connectivity index (χ0n) is 16.7. The van der Waals surface area contributed by atoms with Gasteiger partial charge in [0.1, 0.15) is 11.6 Å². The zero-order chi connectivity index (χ0) is 20.8. The van der Waals surface area contributed by atoms with Gasteiger partial charge in [-0.2, -0.15) is 8.42 Å². The molecule has 3 aromatic rings. The van der Waals surface area contributed by atoms with Gasteiger partial charge < -0.3 is 18.2 Å². The van der Waals surface area contributed by atoms with Crippen LogP contribution in [0.5, 0.6) is 17.2 Å². The molecule has 0 atom stereocenters. The van der Waals surface area contributed by atoms with Crippen molar-refractivity contribution in [3.05, 3.63) is 47.8 Å². The van der Waals surface area contributed by atoms with E-state index in [0.29, 0.717) is 11.5 Å². The Morgan fingerprint density at radius 3 is 2.48 bits per heavy atom. The van der Waals surface area contributed by atoms with Crippen molar-refractivity contribution in [2.45, 2.75) is 19.9 Å². The van der Waals surface area contributed by atoms with Crippen LogP contribution < -0.4 is 13.7 Å². The largest absolute Gasteiger partial charge is 0.493 e. The monoisotopic (exact) mass is 414 g/mol. The Hall–Kier alpha value is -3.00. The summed E-state index contributed by atoms with van der Waals surface area (Å²) in [5, 5.41) is 0. The summed E-state index contributed by atoms with van der Waals surface area (Å²) in [6, 6.07) is 10.9. The van der Waals surface area contributed by atoms with Gasteiger partial charge in [0, 0.05) is 17.7 Å². The molecule has 0 spiro atoms. The molecule has 0 unspecified atom stereocenters. The number of ether oxygens (including phenoxy) is 2. The van der Waals surface area contributed by atoms with Gasteiger partial charge in [-0.05, 0) is 43.2 Å². The summed E-state index contributed by atoms with van der Waals surface area (Å²) in [7, 11) is -0.371. The van der Waals surface area contributed by atoms with Crippen LogP contribution in [0.1, 0.15) is 11.4 Å². The smallest absolute Gasteiger partial charge is 0.306 e. The highest BCUT2D eigenvalue weighted by Crippen LogP contribution is 2.43. The molecule has 2 aromatic carbocycles. The Balaban J connectivity index is 1.90. The summed E-state index contributed by atoms with van der Waals surface area (Å²) in [5.41, 5.74) is 4.71. The van der Waals surface area contributed by atoms with Crippen LogP contribution >= 0.6 is 0 Å². The molecule has 1 aromatic heterocycles. The second-order valence-electron chi connectivity index (χ2n) is 6.94. The third-order valence-corrected chi connectivity index (χ3v) is 5.48. The van der Waals surface area contributed by atoms with Gasteiger partial charge in [-0.3, -0.25) is 0 Å². The number of nitrogens with zero attached hydrogens (tertiary/aromatic N) is 2. The maximum absolute atomic E-state index is 11.5. The number of imidazole rings is 1. The van der Waals surface area contributed by atoms with E-state index in [-0.39, 0.29) is 5.75 Å². The molecule has 0 saturated heterocycles. The number of aromatic nitrogens is 2. The molecule has 0 fully saturated rings. The van der Waals surface area contributed by atoms with Crippen molar-refractivity contribution >= 4 is 10.1 Å². The first-order chi connectivity index (χ1) is 13.8. The fraction of sp³-hybridized carbons (Fsp3) is 0.286. The molecular weight excluding hydrogens is 392 g/mol. The van der Waals surface area contributed by atoms with Gasteiger partial charge in [-0.1, -0.05) is 12.1 Å². The minimum absolute atomic E-state index is 0.257. The maximum atomic E-state index is 11.5. The summed E-state index contributed by atoms with van der Waals surface area (Å²) in [6.45, 7) is 2.77. The molecule has 0 saturated carbocycles. The molecular formula is C21H22N2O5S. The highest BCUT2D eigenvalue weighted by molar-refractivity contribution is 7.86. The van der Waals surface area contributed by atoms with E-state index in [1.54, 1.807) is 32.4 Å². The lowest BCUT2D eigenvalue weighted by Gasteiger charge is -2.22. The van der Waals surface area contributed by atoms with Crippen molar-refractivity contribution in [3.63, 3.8) is 0 Å². The fourth-order valence-corrected chi connectivity index (χ4v) is 4.22. The SMILES string of the molecule is COc1cc2c(cc1OC)-c1c(-c3cccc(OS(C)(=O)=O)c3)nc(C)n1CC2. The van der Waals surface area contributed by atoms with E-state index in [1.165, 1.54) is 0 Å². The van der Waals surface area contributed by atoms with E-state index in [4.69, 9.17) is 18.6 Å². The summed E-state index contributed by atoms with van der Waals surface area (Å²) in [4.78, 5) is 4.78. The summed E-state index contributed by atoms with van der Waals surface area (Å²) in [5.74, 6) is 2.50. The van der Waals surface area contributed by atoms with E-state index in [9.17, 15) is 8.42 Å². The van der Waals surface area contributed by atoms with Crippen LogP contribution in [0.25, 0.3) is 22.5 Å². The molecule has 0 radical (unpaired) electrons. The molecule has 0 amide bonds. The first-order valence-electron chi connectivity index (χ1n) is 9.13. The third-order valence-electron chi connectivity index (χ3n) is 4.98. The molecule has 0 N–H and O–H groups in total. The summed E-state index contributed by atoms with van der Waals surface area (Å²) < 4.78 is 41.2. The Kier molecular flexibility index (Phi) is 4.74. The number of hydrogen-bond acceptors (Lipinski definition) is 6. The first-order valence-corrected chi connectivity index (χ1v) is 10.9. The summed E-state index contributed by atoms with van der Waals surface area (Å²) >= 11 is 0. The van der Waals surface area contributed by atoms with Crippen LogP contribution in [0.3, 0.4) is 0 Å². The molecule has 29 heavy (non-hydrogen) atoms. The highest BCUT2D eigenvalue weighted by Gasteiger charge is 2.26. The first kappa shape index (κ1) is 19.3. The van der Waals surface area contributed by atoms with Crippen molar-refractivity contribution < 1.29 is 22.1 Å². The van der Waals surface area contributed by atoms with Crippen molar-refractivity contribution in [1.82, 2.24) is 9.55 Å². The fourth-order valence-electron chi connectivity index (χ4n) is 3.76. The average molecular weight is 414 g/mol. The van der Waals surface area contributed by atoms with Crippen LogP contribution in [0.4, 0.5) is 0 Å². The number of hydrogen-bond donors (Lipinski definition) is 0. The van der Waals surface area contributed by atoms with Crippen molar-refractivity contribution in [1.29, 1.82) is 0 Å². The van der Waals surface area contributed by atoms with Gasteiger partial charge in [0.25, 0.3) is 0 Å². The van der Waals surface area contributed by atoms with Crippen LogP contribution in [-0.2, 0) is 23.1 Å². The Labute approximate surface area is 170 Å². The molecule has 0 aliphatic carbocycles. The quantitative estimate of drug-likeness (QED) is 0.595. The second kappa shape index (κ2) is 7.11. The lowest BCUT2D eigenvalue weighted by atomic mass is 9.94. The van der Waals surface area contributed by atoms with Gasteiger partial charge in [0.15, 0.2) is 11.5 Å². The van der Waals surface area contributed by atoms with Crippen molar-refractivity contribution in [3.8, 4) is 39.8 Å².